The minimum atomic E-state index is 0.602. The molecule has 0 saturated carbocycles. The standard InChI is InChI=1S/C15H21N3O3/c1-4-16-8-7-15-17-14(18-21-15)10-11-5-6-12(19-2)13(9-11)20-3/h5-6,9,16H,4,7-8,10H2,1-3H3. The van der Waals surface area contributed by atoms with Gasteiger partial charge in [-0.25, -0.2) is 0 Å². The molecule has 0 bridgehead atoms. The maximum absolute atomic E-state index is 5.29. The highest BCUT2D eigenvalue weighted by Gasteiger charge is 2.09. The fraction of sp³-hybridized carbons (Fsp3) is 0.467. The maximum atomic E-state index is 5.29. The molecule has 1 heterocycles. The number of rotatable bonds is 8. The summed E-state index contributed by atoms with van der Waals surface area (Å²) >= 11 is 0. The third-order valence-electron chi connectivity index (χ3n) is 3.09. The van der Waals surface area contributed by atoms with Crippen molar-refractivity contribution >= 4 is 0 Å². The summed E-state index contributed by atoms with van der Waals surface area (Å²) in [6.07, 6.45) is 1.35. The summed E-state index contributed by atoms with van der Waals surface area (Å²) in [4.78, 5) is 4.39. The number of ether oxygens (including phenoxy) is 2. The van der Waals surface area contributed by atoms with Crippen LogP contribution in [0.5, 0.6) is 11.5 Å². The molecule has 6 nitrogen and oxygen atoms in total. The minimum Gasteiger partial charge on any atom is -0.493 e. The Morgan fingerprint density at radius 1 is 1.19 bits per heavy atom. The SMILES string of the molecule is CCNCCc1nc(Cc2ccc(OC)c(OC)c2)no1. The lowest BCUT2D eigenvalue weighted by Gasteiger charge is -2.08. The largest absolute Gasteiger partial charge is 0.493 e. The van der Waals surface area contributed by atoms with Crippen molar-refractivity contribution in [2.45, 2.75) is 19.8 Å². The highest BCUT2D eigenvalue weighted by atomic mass is 16.5. The van der Waals surface area contributed by atoms with Gasteiger partial charge in [0.25, 0.3) is 0 Å². The first-order chi connectivity index (χ1) is 10.3. The second-order valence-corrected chi connectivity index (χ2v) is 4.57. The molecule has 6 heteroatoms. The fourth-order valence-corrected chi connectivity index (χ4v) is 2.01. The van der Waals surface area contributed by atoms with E-state index in [0.717, 1.165) is 25.1 Å². The zero-order chi connectivity index (χ0) is 15.1. The van der Waals surface area contributed by atoms with Crippen LogP contribution in [-0.2, 0) is 12.8 Å². The number of aromatic nitrogens is 2. The van der Waals surface area contributed by atoms with Gasteiger partial charge in [0.2, 0.25) is 5.89 Å². The van der Waals surface area contributed by atoms with Crippen LogP contribution >= 0.6 is 0 Å². The molecule has 0 unspecified atom stereocenters. The molecular weight excluding hydrogens is 270 g/mol. The minimum absolute atomic E-state index is 0.602. The molecule has 2 rings (SSSR count). The Labute approximate surface area is 124 Å². The van der Waals surface area contributed by atoms with Crippen LogP contribution in [0, 0.1) is 0 Å². The number of hydrogen-bond acceptors (Lipinski definition) is 6. The predicted molar refractivity (Wildman–Crippen MR) is 78.9 cm³/mol. The summed E-state index contributed by atoms with van der Waals surface area (Å²) in [5.74, 6) is 2.74. The van der Waals surface area contributed by atoms with Crippen molar-refractivity contribution < 1.29 is 14.0 Å². The smallest absolute Gasteiger partial charge is 0.227 e. The quantitative estimate of drug-likeness (QED) is 0.748. The molecule has 0 spiro atoms. The molecule has 0 aliphatic rings. The third-order valence-corrected chi connectivity index (χ3v) is 3.09. The normalized spacial score (nSPS) is 10.6. The van der Waals surface area contributed by atoms with E-state index in [1.165, 1.54) is 0 Å². The lowest BCUT2D eigenvalue weighted by molar-refractivity contribution is 0.354. The van der Waals surface area contributed by atoms with Gasteiger partial charge in [0.05, 0.1) is 14.2 Å². The van der Waals surface area contributed by atoms with Crippen LogP contribution < -0.4 is 14.8 Å². The summed E-state index contributed by atoms with van der Waals surface area (Å²) in [5.41, 5.74) is 1.05. The monoisotopic (exact) mass is 291 g/mol. The van der Waals surface area contributed by atoms with Crippen LogP contribution in [-0.4, -0.2) is 37.4 Å². The lowest BCUT2D eigenvalue weighted by atomic mass is 10.1. The van der Waals surface area contributed by atoms with Crippen molar-refractivity contribution in [3.63, 3.8) is 0 Å². The fourth-order valence-electron chi connectivity index (χ4n) is 2.01. The molecular formula is C15H21N3O3. The number of hydrogen-bond donors (Lipinski definition) is 1. The first-order valence-corrected chi connectivity index (χ1v) is 7.00. The van der Waals surface area contributed by atoms with E-state index in [-0.39, 0.29) is 0 Å². The number of methoxy groups -OCH3 is 2. The van der Waals surface area contributed by atoms with E-state index < -0.39 is 0 Å². The van der Waals surface area contributed by atoms with E-state index in [2.05, 4.69) is 22.4 Å². The zero-order valence-electron chi connectivity index (χ0n) is 12.7. The maximum Gasteiger partial charge on any atom is 0.227 e. The number of benzene rings is 1. The van der Waals surface area contributed by atoms with Crippen molar-refractivity contribution in [1.29, 1.82) is 0 Å². The summed E-state index contributed by atoms with van der Waals surface area (Å²) in [7, 11) is 3.24. The van der Waals surface area contributed by atoms with E-state index in [4.69, 9.17) is 14.0 Å². The molecule has 0 amide bonds. The second kappa shape index (κ2) is 7.64. The van der Waals surface area contributed by atoms with Gasteiger partial charge in [0.1, 0.15) is 0 Å². The second-order valence-electron chi connectivity index (χ2n) is 4.57. The summed E-state index contributed by atoms with van der Waals surface area (Å²) in [6, 6.07) is 5.77. The lowest BCUT2D eigenvalue weighted by Crippen LogP contribution is -2.16. The van der Waals surface area contributed by atoms with E-state index in [9.17, 15) is 0 Å². The van der Waals surface area contributed by atoms with Crippen LogP contribution in [0.4, 0.5) is 0 Å². The van der Waals surface area contributed by atoms with Gasteiger partial charge in [0.15, 0.2) is 17.3 Å². The number of nitrogens with zero attached hydrogens (tertiary/aromatic N) is 2. The Hall–Kier alpha value is -2.08. The van der Waals surface area contributed by atoms with Crippen LogP contribution in [0.15, 0.2) is 22.7 Å². The Bertz CT molecular complexity index is 569. The van der Waals surface area contributed by atoms with Crippen LogP contribution in [0.3, 0.4) is 0 Å². The van der Waals surface area contributed by atoms with Crippen molar-refractivity contribution in [3.8, 4) is 11.5 Å². The molecule has 21 heavy (non-hydrogen) atoms. The Morgan fingerprint density at radius 2 is 2.00 bits per heavy atom. The van der Waals surface area contributed by atoms with E-state index in [1.54, 1.807) is 14.2 Å². The molecule has 1 aromatic carbocycles. The molecule has 0 aliphatic carbocycles. The van der Waals surface area contributed by atoms with Crippen molar-refractivity contribution in [2.75, 3.05) is 27.3 Å². The van der Waals surface area contributed by atoms with Gasteiger partial charge >= 0.3 is 0 Å². The molecule has 0 atom stereocenters. The molecule has 114 valence electrons. The van der Waals surface area contributed by atoms with Gasteiger partial charge in [-0.05, 0) is 24.2 Å². The Kier molecular flexibility index (Phi) is 5.57. The van der Waals surface area contributed by atoms with Crippen molar-refractivity contribution in [1.82, 2.24) is 15.5 Å². The average molecular weight is 291 g/mol. The zero-order valence-corrected chi connectivity index (χ0v) is 12.7. The Morgan fingerprint density at radius 3 is 2.71 bits per heavy atom. The molecule has 1 N–H and O–H groups in total. The first kappa shape index (κ1) is 15.3. The summed E-state index contributed by atoms with van der Waals surface area (Å²) in [6.45, 7) is 3.84. The molecule has 0 fully saturated rings. The first-order valence-electron chi connectivity index (χ1n) is 7.00. The van der Waals surface area contributed by atoms with E-state index in [1.807, 2.05) is 18.2 Å². The molecule has 0 radical (unpaired) electrons. The van der Waals surface area contributed by atoms with E-state index in [0.29, 0.717) is 29.6 Å². The molecule has 0 saturated heterocycles. The predicted octanol–water partition coefficient (Wildman–Crippen LogP) is 1.83. The summed E-state index contributed by atoms with van der Waals surface area (Å²) < 4.78 is 15.7. The average Bonchev–Trinajstić information content (AvgIpc) is 2.95. The van der Waals surface area contributed by atoms with Gasteiger partial charge in [-0.15, -0.1) is 0 Å². The number of likely N-dealkylation sites (N-methyl/N-ethyl adjacent to an activating group) is 1. The van der Waals surface area contributed by atoms with Crippen LogP contribution in [0.25, 0.3) is 0 Å². The van der Waals surface area contributed by atoms with Gasteiger partial charge in [-0.1, -0.05) is 18.1 Å². The van der Waals surface area contributed by atoms with Crippen molar-refractivity contribution in [3.05, 3.63) is 35.5 Å². The topological polar surface area (TPSA) is 69.4 Å². The van der Waals surface area contributed by atoms with Gasteiger partial charge < -0.3 is 19.3 Å². The molecule has 2 aromatic rings. The van der Waals surface area contributed by atoms with Gasteiger partial charge in [0, 0.05) is 19.4 Å². The number of nitrogens with one attached hydrogen (secondary N) is 1. The highest BCUT2D eigenvalue weighted by molar-refractivity contribution is 5.43. The third kappa shape index (κ3) is 4.19. The summed E-state index contributed by atoms with van der Waals surface area (Å²) in [5, 5.41) is 7.23. The Balaban J connectivity index is 2.01. The van der Waals surface area contributed by atoms with Gasteiger partial charge in [-0.2, -0.15) is 4.98 Å². The van der Waals surface area contributed by atoms with E-state index >= 15 is 0 Å². The molecule has 0 aliphatic heterocycles. The molecule has 1 aromatic heterocycles. The van der Waals surface area contributed by atoms with Crippen LogP contribution in [0.2, 0.25) is 0 Å². The van der Waals surface area contributed by atoms with Gasteiger partial charge in [-0.3, -0.25) is 0 Å². The van der Waals surface area contributed by atoms with Crippen LogP contribution in [0.1, 0.15) is 24.2 Å². The van der Waals surface area contributed by atoms with Crippen molar-refractivity contribution in [2.24, 2.45) is 0 Å². The highest BCUT2D eigenvalue weighted by Crippen LogP contribution is 2.28.